The molecule has 0 aromatic carbocycles. The average molecular weight is 224 g/mol. The molecule has 0 aromatic heterocycles. The second kappa shape index (κ2) is 29.2. The van der Waals surface area contributed by atoms with Crippen molar-refractivity contribution < 1.29 is 0 Å². The molecule has 0 fully saturated rings. The number of hydrogen-bond acceptors (Lipinski definition) is 0. The Hall–Kier alpha value is -1.04. The summed E-state index contributed by atoms with van der Waals surface area (Å²) in [6, 6.07) is 0. The van der Waals surface area contributed by atoms with Gasteiger partial charge < -0.3 is 0 Å². The molecule has 0 aromatic rings. The largest absolute Gasteiger partial charge is 0.103 e. The van der Waals surface area contributed by atoms with E-state index in [2.05, 4.69) is 54.0 Å². The van der Waals surface area contributed by atoms with Gasteiger partial charge in [-0.05, 0) is 26.2 Å². The van der Waals surface area contributed by atoms with Crippen LogP contribution in [0.3, 0.4) is 0 Å². The predicted octanol–water partition coefficient (Wildman–Crippen LogP) is 6.19. The van der Waals surface area contributed by atoms with Crippen LogP contribution in [-0.2, 0) is 0 Å². The van der Waals surface area contributed by atoms with Gasteiger partial charge in [0, 0.05) is 0 Å². The molecule has 0 amide bonds. The van der Waals surface area contributed by atoms with Gasteiger partial charge in [-0.1, -0.05) is 64.7 Å². The highest BCUT2D eigenvalue weighted by Crippen LogP contribution is 1.81. The van der Waals surface area contributed by atoms with E-state index in [1.807, 2.05) is 19.9 Å². The molecule has 0 aliphatic carbocycles. The first-order valence-electron chi connectivity index (χ1n) is 5.76. The fraction of sp³-hybridized carbons (Fsp3) is 0.500. The minimum absolute atomic E-state index is 0.833. The van der Waals surface area contributed by atoms with Crippen LogP contribution in [0.1, 0.15) is 48.0 Å². The number of hydrogen-bond donors (Lipinski definition) is 0. The molecule has 0 heterocycles. The standard InChI is InChI=1S/C4H10.2C4H8.C4H6/c2*1-4(2)3;2*1-3-4-2/h4H,1-3H3;1H2,2-3H3;3H,1,4H2,2H3;3-4H,1-2H2. The molecule has 0 heteroatoms. The Kier molecular flexibility index (Phi) is 44.3. The van der Waals surface area contributed by atoms with E-state index in [-0.39, 0.29) is 0 Å². The Morgan fingerprint density at radius 1 is 1.00 bits per heavy atom. The fourth-order valence-corrected chi connectivity index (χ4v) is 0. The highest BCUT2D eigenvalue weighted by atomic mass is 13.7. The maximum Gasteiger partial charge on any atom is -0.0382 e. The van der Waals surface area contributed by atoms with Gasteiger partial charge in [0.15, 0.2) is 0 Å². The molecule has 96 valence electrons. The van der Waals surface area contributed by atoms with E-state index >= 15 is 0 Å². The van der Waals surface area contributed by atoms with Crippen molar-refractivity contribution in [2.24, 2.45) is 5.92 Å². The van der Waals surface area contributed by atoms with Crippen molar-refractivity contribution in [3.63, 3.8) is 0 Å². The quantitative estimate of drug-likeness (QED) is 0.388. The van der Waals surface area contributed by atoms with Crippen LogP contribution in [0.25, 0.3) is 0 Å². The van der Waals surface area contributed by atoms with Crippen LogP contribution >= 0.6 is 0 Å². The molecule has 0 saturated heterocycles. The molecule has 0 saturated carbocycles. The highest BCUT2D eigenvalue weighted by Gasteiger charge is 1.68. The molecule has 0 unspecified atom stereocenters. The smallest absolute Gasteiger partial charge is 0.0382 e. The van der Waals surface area contributed by atoms with Gasteiger partial charge in [-0.25, -0.2) is 0 Å². The molecule has 0 rings (SSSR count). The Labute approximate surface area is 104 Å². The Morgan fingerprint density at radius 3 is 1.12 bits per heavy atom. The molecular weight excluding hydrogens is 192 g/mol. The lowest BCUT2D eigenvalue weighted by atomic mass is 10.3. The molecule has 0 radical (unpaired) electrons. The van der Waals surface area contributed by atoms with Gasteiger partial charge in [-0.2, -0.15) is 0 Å². The van der Waals surface area contributed by atoms with Crippen LogP contribution in [0.5, 0.6) is 0 Å². The summed E-state index contributed by atoms with van der Waals surface area (Å²) in [7, 11) is 0. The lowest BCUT2D eigenvalue weighted by Crippen LogP contribution is -1.66. The van der Waals surface area contributed by atoms with Gasteiger partial charge in [-0.15, -0.1) is 13.2 Å². The molecular formula is C16H32. The summed E-state index contributed by atoms with van der Waals surface area (Å²) in [5.74, 6) is 0.833. The van der Waals surface area contributed by atoms with Gasteiger partial charge in [0.25, 0.3) is 0 Å². The maximum absolute atomic E-state index is 3.56. The molecule has 0 atom stereocenters. The van der Waals surface area contributed by atoms with Gasteiger partial charge in [0.2, 0.25) is 0 Å². The van der Waals surface area contributed by atoms with Crippen molar-refractivity contribution in [1.82, 2.24) is 0 Å². The minimum Gasteiger partial charge on any atom is -0.103 e. The summed E-state index contributed by atoms with van der Waals surface area (Å²) in [5.41, 5.74) is 1.17. The zero-order chi connectivity index (χ0) is 14.0. The van der Waals surface area contributed by atoms with E-state index in [0.717, 1.165) is 12.3 Å². The van der Waals surface area contributed by atoms with Crippen molar-refractivity contribution in [2.75, 3.05) is 0 Å². The Balaban J connectivity index is -0.0000000600. The predicted molar refractivity (Wildman–Crippen MR) is 81.9 cm³/mol. The van der Waals surface area contributed by atoms with Gasteiger partial charge in [-0.3, -0.25) is 0 Å². The van der Waals surface area contributed by atoms with Gasteiger partial charge in [0.05, 0.1) is 0 Å². The summed E-state index contributed by atoms with van der Waals surface area (Å²) >= 11 is 0. The van der Waals surface area contributed by atoms with Gasteiger partial charge >= 0.3 is 0 Å². The van der Waals surface area contributed by atoms with Crippen LogP contribution in [0.4, 0.5) is 0 Å². The van der Waals surface area contributed by atoms with Gasteiger partial charge in [0.1, 0.15) is 0 Å². The van der Waals surface area contributed by atoms with E-state index in [9.17, 15) is 0 Å². The van der Waals surface area contributed by atoms with Crippen LogP contribution in [0.15, 0.2) is 50.1 Å². The lowest BCUT2D eigenvalue weighted by Gasteiger charge is -1.79. The molecule has 0 spiro atoms. The third-order valence-electron chi connectivity index (χ3n) is 0.455. The van der Waals surface area contributed by atoms with E-state index in [4.69, 9.17) is 0 Å². The second-order valence-electron chi connectivity index (χ2n) is 4.11. The summed E-state index contributed by atoms with van der Waals surface area (Å²) in [6.45, 7) is 26.3. The van der Waals surface area contributed by atoms with Crippen molar-refractivity contribution >= 4 is 0 Å². The normalized spacial score (nSPS) is 6.69. The summed E-state index contributed by atoms with van der Waals surface area (Å²) in [4.78, 5) is 0. The van der Waals surface area contributed by atoms with Crippen LogP contribution in [-0.4, -0.2) is 0 Å². The highest BCUT2D eigenvalue weighted by molar-refractivity contribution is 4.88. The molecule has 0 aliphatic heterocycles. The number of allylic oxidation sites excluding steroid dienone is 4. The maximum atomic E-state index is 3.56. The van der Waals surface area contributed by atoms with E-state index in [0.29, 0.717) is 0 Å². The van der Waals surface area contributed by atoms with Crippen LogP contribution in [0.2, 0.25) is 0 Å². The summed E-state index contributed by atoms with van der Waals surface area (Å²) in [6.07, 6.45) is 6.24. The minimum atomic E-state index is 0.833. The first-order valence-corrected chi connectivity index (χ1v) is 5.76. The zero-order valence-electron chi connectivity index (χ0n) is 12.3. The lowest BCUT2D eigenvalue weighted by molar-refractivity contribution is 0.737. The summed E-state index contributed by atoms with van der Waals surface area (Å²) < 4.78 is 0. The topological polar surface area (TPSA) is 0 Å². The van der Waals surface area contributed by atoms with E-state index in [1.54, 1.807) is 12.2 Å². The van der Waals surface area contributed by atoms with Crippen molar-refractivity contribution in [3.8, 4) is 0 Å². The van der Waals surface area contributed by atoms with Crippen molar-refractivity contribution in [1.29, 1.82) is 0 Å². The molecule has 0 nitrogen and oxygen atoms in total. The monoisotopic (exact) mass is 224 g/mol. The van der Waals surface area contributed by atoms with Crippen LogP contribution < -0.4 is 0 Å². The fourth-order valence-electron chi connectivity index (χ4n) is 0. The Morgan fingerprint density at radius 2 is 1.12 bits per heavy atom. The first-order chi connectivity index (χ1) is 7.29. The first kappa shape index (κ1) is 24.3. The van der Waals surface area contributed by atoms with E-state index < -0.39 is 0 Å². The van der Waals surface area contributed by atoms with Crippen molar-refractivity contribution in [3.05, 3.63) is 50.1 Å². The SMILES string of the molecule is C=C(C)C.C=CC=C.C=CCC.CC(C)C. The third kappa shape index (κ3) is 2010. The zero-order valence-corrected chi connectivity index (χ0v) is 12.3. The van der Waals surface area contributed by atoms with Crippen LogP contribution in [0, 0.1) is 5.92 Å². The second-order valence-corrected chi connectivity index (χ2v) is 4.11. The molecule has 0 aliphatic rings. The van der Waals surface area contributed by atoms with Crippen molar-refractivity contribution in [2.45, 2.75) is 48.0 Å². The average Bonchev–Trinajstić information content (AvgIpc) is 2.16. The molecule has 0 N–H and O–H groups in total. The van der Waals surface area contributed by atoms with E-state index in [1.165, 1.54) is 5.57 Å². The molecule has 0 bridgehead atoms. The third-order valence-corrected chi connectivity index (χ3v) is 0.455. The number of rotatable bonds is 2. The summed E-state index contributed by atoms with van der Waals surface area (Å²) in [5, 5.41) is 0. The Bertz CT molecular complexity index is 137. The molecule has 16 heavy (non-hydrogen) atoms.